The topological polar surface area (TPSA) is 80.9 Å². The van der Waals surface area contributed by atoms with Gasteiger partial charge in [-0.05, 0) is 146 Å². The number of hydrogen-bond donors (Lipinski definition) is 4. The van der Waals surface area contributed by atoms with E-state index in [1.54, 1.807) is 0 Å². The molecule has 0 spiro atoms. The minimum Gasteiger partial charge on any atom is -0.394 e. The molecule has 40 heavy (non-hydrogen) atoms. The molecule has 0 bridgehead atoms. The second kappa shape index (κ2) is 10.5. The van der Waals surface area contributed by atoms with Gasteiger partial charge in [-0.1, -0.05) is 55.4 Å². The molecule has 232 valence electrons. The molecular formula is C36H64O4. The lowest BCUT2D eigenvalue weighted by Gasteiger charge is -2.73. The Morgan fingerprint density at radius 2 is 1.27 bits per heavy atom. The third-order valence-electron chi connectivity index (χ3n) is 15.5. The molecule has 4 heteroatoms. The van der Waals surface area contributed by atoms with E-state index in [-0.39, 0.29) is 0 Å². The summed E-state index contributed by atoms with van der Waals surface area (Å²) in [6, 6.07) is 0. The third kappa shape index (κ3) is 4.50. The molecule has 0 aromatic rings. The molecule has 4 N–H and O–H groups in total. The van der Waals surface area contributed by atoms with E-state index in [9.17, 15) is 15.3 Å². The van der Waals surface area contributed by atoms with Gasteiger partial charge in [0.15, 0.2) is 0 Å². The molecule has 0 saturated heterocycles. The largest absolute Gasteiger partial charge is 0.394 e. The normalized spacial score (nSPS) is 51.0. The van der Waals surface area contributed by atoms with Gasteiger partial charge < -0.3 is 20.4 Å². The van der Waals surface area contributed by atoms with Crippen LogP contribution in [0.1, 0.15) is 132 Å². The molecule has 0 aliphatic heterocycles. The molecule has 2 unspecified atom stereocenters. The highest BCUT2D eigenvalue weighted by molar-refractivity contribution is 5.19. The maximum Gasteiger partial charge on any atom is 0.108 e. The summed E-state index contributed by atoms with van der Waals surface area (Å²) in [4.78, 5) is 0. The quantitative estimate of drug-likeness (QED) is 0.265. The Bertz CT molecular complexity index is 918. The van der Waals surface area contributed by atoms with Crippen molar-refractivity contribution in [2.24, 2.45) is 68.5 Å². The number of aliphatic hydroxyl groups is 4. The van der Waals surface area contributed by atoms with Gasteiger partial charge >= 0.3 is 0 Å². The van der Waals surface area contributed by atoms with Gasteiger partial charge in [0.2, 0.25) is 0 Å². The first kappa shape index (κ1) is 31.3. The number of hydrogen-bond acceptors (Lipinski definition) is 4. The van der Waals surface area contributed by atoms with E-state index in [0.29, 0.717) is 45.3 Å². The fraction of sp³-hybridized carbons (Fsp3) is 1.00. The molecule has 0 heterocycles. The highest BCUT2D eigenvalue weighted by atomic mass is 16.4. The Morgan fingerprint density at radius 3 is 1.90 bits per heavy atom. The zero-order chi connectivity index (χ0) is 29.5. The van der Waals surface area contributed by atoms with Gasteiger partial charge in [-0.2, -0.15) is 0 Å². The Kier molecular flexibility index (Phi) is 8.19. The molecule has 5 aliphatic carbocycles. The summed E-state index contributed by atoms with van der Waals surface area (Å²) in [5, 5.41) is 39.5. The summed E-state index contributed by atoms with van der Waals surface area (Å²) in [7, 11) is 0. The maximum atomic E-state index is 10.5. The molecule has 5 saturated carbocycles. The van der Waals surface area contributed by atoms with Crippen LogP contribution in [0.5, 0.6) is 0 Å². The lowest BCUT2D eigenvalue weighted by molar-refractivity contribution is -0.245. The molecule has 5 fully saturated rings. The molecule has 5 aliphatic rings. The summed E-state index contributed by atoms with van der Waals surface area (Å²) in [6.45, 7) is 20.4. The van der Waals surface area contributed by atoms with Crippen molar-refractivity contribution < 1.29 is 20.4 Å². The maximum absolute atomic E-state index is 10.5. The highest BCUT2D eigenvalue weighted by Crippen LogP contribution is 2.78. The minimum atomic E-state index is -1.27. The van der Waals surface area contributed by atoms with Crippen LogP contribution in [0.4, 0.5) is 0 Å². The Hall–Kier alpha value is -0.160. The summed E-state index contributed by atoms with van der Waals surface area (Å²) >= 11 is 0. The van der Waals surface area contributed by atoms with Crippen LogP contribution in [-0.4, -0.2) is 45.3 Å². The molecule has 0 aromatic heterocycles. The van der Waals surface area contributed by atoms with Gasteiger partial charge in [0, 0.05) is 0 Å². The average molecular weight is 561 g/mol. The van der Waals surface area contributed by atoms with Crippen LogP contribution in [-0.2, 0) is 0 Å². The lowest BCUT2D eigenvalue weighted by Crippen LogP contribution is -2.66. The summed E-state index contributed by atoms with van der Waals surface area (Å²) in [5.41, 5.74) is 2.19. The van der Waals surface area contributed by atoms with E-state index >= 15 is 0 Å². The standard InChI is InChI=1S/C36H64O4/c1-22-19-32(3,4)28-15-18-36(8)30(34(28,6)20-22)12-11-29-33(5)16-13-24(25(33)14-17-35(29,36)7)23(2)9-10-26(38)31(40)27(39)21-37/h22-31,37-40H,9-21H2,1-8H3/t22?,23?,24-,25+,26-,27+,28+,29-,30-,31-,33+,34+,35-,36-/m1/s1. The van der Waals surface area contributed by atoms with Gasteiger partial charge in [0.05, 0.1) is 12.7 Å². The Morgan fingerprint density at radius 1 is 0.675 bits per heavy atom. The van der Waals surface area contributed by atoms with Crippen LogP contribution in [0.3, 0.4) is 0 Å². The van der Waals surface area contributed by atoms with Crippen LogP contribution >= 0.6 is 0 Å². The monoisotopic (exact) mass is 560 g/mol. The Labute approximate surface area is 246 Å². The van der Waals surface area contributed by atoms with Crippen LogP contribution in [0.2, 0.25) is 0 Å². The van der Waals surface area contributed by atoms with E-state index in [0.717, 1.165) is 36.0 Å². The van der Waals surface area contributed by atoms with Crippen LogP contribution in [0.15, 0.2) is 0 Å². The van der Waals surface area contributed by atoms with E-state index in [1.165, 1.54) is 64.2 Å². The molecule has 0 radical (unpaired) electrons. The summed E-state index contributed by atoms with van der Waals surface area (Å²) < 4.78 is 0. The molecular weight excluding hydrogens is 496 g/mol. The van der Waals surface area contributed by atoms with Gasteiger partial charge in [-0.25, -0.2) is 0 Å². The van der Waals surface area contributed by atoms with Gasteiger partial charge in [-0.15, -0.1) is 0 Å². The third-order valence-corrected chi connectivity index (χ3v) is 15.5. The van der Waals surface area contributed by atoms with Crippen molar-refractivity contribution in [2.75, 3.05) is 6.61 Å². The van der Waals surface area contributed by atoms with Crippen molar-refractivity contribution in [3.63, 3.8) is 0 Å². The van der Waals surface area contributed by atoms with Crippen molar-refractivity contribution >= 4 is 0 Å². The second-order valence-corrected chi connectivity index (χ2v) is 17.8. The first-order valence-electron chi connectivity index (χ1n) is 17.2. The van der Waals surface area contributed by atoms with Crippen molar-refractivity contribution in [3.05, 3.63) is 0 Å². The zero-order valence-corrected chi connectivity index (χ0v) is 27.3. The fourth-order valence-electron chi connectivity index (χ4n) is 13.9. The van der Waals surface area contributed by atoms with Crippen molar-refractivity contribution in [2.45, 2.75) is 151 Å². The van der Waals surface area contributed by atoms with Crippen molar-refractivity contribution in [1.82, 2.24) is 0 Å². The predicted octanol–water partition coefficient (Wildman–Crippen LogP) is 7.22. The minimum absolute atomic E-state index is 0.405. The predicted molar refractivity (Wildman–Crippen MR) is 162 cm³/mol. The average Bonchev–Trinajstić information content (AvgIpc) is 3.22. The van der Waals surface area contributed by atoms with Gasteiger partial charge in [0.1, 0.15) is 12.2 Å². The number of fused-ring (bicyclic) bond motifs is 7. The molecule has 4 nitrogen and oxygen atoms in total. The van der Waals surface area contributed by atoms with E-state index in [4.69, 9.17) is 5.11 Å². The van der Waals surface area contributed by atoms with E-state index < -0.39 is 24.9 Å². The first-order chi connectivity index (χ1) is 18.5. The van der Waals surface area contributed by atoms with Crippen LogP contribution in [0.25, 0.3) is 0 Å². The van der Waals surface area contributed by atoms with Crippen LogP contribution in [0, 0.1) is 68.5 Å². The molecule has 0 aromatic carbocycles. The number of aliphatic hydroxyl groups excluding tert-OH is 4. The molecule has 14 atom stereocenters. The lowest BCUT2D eigenvalue weighted by atomic mass is 9.31. The fourth-order valence-corrected chi connectivity index (χ4v) is 13.9. The number of rotatable bonds is 7. The van der Waals surface area contributed by atoms with E-state index in [1.807, 2.05) is 0 Å². The van der Waals surface area contributed by atoms with Crippen LogP contribution < -0.4 is 0 Å². The van der Waals surface area contributed by atoms with E-state index in [2.05, 4.69) is 55.4 Å². The Balaban J connectivity index is 1.34. The van der Waals surface area contributed by atoms with Gasteiger partial charge in [0.25, 0.3) is 0 Å². The van der Waals surface area contributed by atoms with Gasteiger partial charge in [-0.3, -0.25) is 0 Å². The van der Waals surface area contributed by atoms with Crippen molar-refractivity contribution in [3.8, 4) is 0 Å². The zero-order valence-electron chi connectivity index (χ0n) is 27.3. The molecule has 0 amide bonds. The SMILES string of the molecule is CC1CC(C)(C)[C@@H]2CC[C@]3(C)[C@H](CC[C@@H]4[C@@]5(C)CC[C@H](C(C)CC[C@@H](O)[C@@H](O)[C@@H](O)CO)[C@@H]5CC[C@]43C)[C@@]2(C)C1. The first-order valence-corrected chi connectivity index (χ1v) is 17.2. The smallest absolute Gasteiger partial charge is 0.108 e. The highest BCUT2D eigenvalue weighted by Gasteiger charge is 2.70. The summed E-state index contributed by atoms with van der Waals surface area (Å²) in [5.74, 6) is 5.29. The second-order valence-electron chi connectivity index (χ2n) is 17.8. The molecule has 5 rings (SSSR count). The summed E-state index contributed by atoms with van der Waals surface area (Å²) in [6.07, 6.45) is 11.7. The van der Waals surface area contributed by atoms with Crippen molar-refractivity contribution in [1.29, 1.82) is 0 Å².